The molecule has 2 rings (SSSR count). The average molecular weight is 439 g/mol. The Labute approximate surface area is 188 Å². The molecule has 7 nitrogen and oxygen atoms in total. The van der Waals surface area contributed by atoms with E-state index in [1.54, 1.807) is 65.6 Å². The molecule has 0 atom stereocenters. The second kappa shape index (κ2) is 13.7. The first kappa shape index (κ1) is 24.7. The number of aromatic hydroxyl groups is 2. The van der Waals surface area contributed by atoms with Crippen LogP contribution in [-0.2, 0) is 9.59 Å². The molecule has 0 heterocycles. The van der Waals surface area contributed by atoms with E-state index in [1.807, 2.05) is 0 Å². The highest BCUT2D eigenvalue weighted by atomic mass is 16.3. The van der Waals surface area contributed by atoms with E-state index in [2.05, 4.69) is 5.32 Å². The fourth-order valence-electron chi connectivity index (χ4n) is 2.93. The van der Waals surface area contributed by atoms with Gasteiger partial charge in [-0.2, -0.15) is 0 Å². The van der Waals surface area contributed by atoms with Gasteiger partial charge in [0.2, 0.25) is 11.8 Å². The monoisotopic (exact) mass is 438 g/mol. The van der Waals surface area contributed by atoms with Crippen LogP contribution in [0.25, 0.3) is 12.2 Å². The number of carbonyl (C=O) groups is 2. The number of rotatable bonds is 12. The first-order valence-corrected chi connectivity index (χ1v) is 10.7. The Balaban J connectivity index is 1.74. The Morgan fingerprint density at radius 1 is 0.812 bits per heavy atom. The van der Waals surface area contributed by atoms with Gasteiger partial charge < -0.3 is 26.2 Å². The van der Waals surface area contributed by atoms with Crippen LogP contribution in [0.1, 0.15) is 30.4 Å². The molecule has 170 valence electrons. The SMILES string of the molecule is [15NH2]CCCN(CCCCNC(=O)/C=C/c1ccc(O)cc1)C(=O)/C=C/c1ccc(O)cc1. The summed E-state index contributed by atoms with van der Waals surface area (Å²) in [6, 6.07) is 13.2. The summed E-state index contributed by atoms with van der Waals surface area (Å²) >= 11 is 0. The van der Waals surface area contributed by atoms with Crippen LogP contribution < -0.4 is 11.1 Å². The van der Waals surface area contributed by atoms with Crippen molar-refractivity contribution in [2.24, 2.45) is 5.73 Å². The Morgan fingerprint density at radius 2 is 1.34 bits per heavy atom. The number of hydrogen-bond donors (Lipinski definition) is 4. The maximum atomic E-state index is 12.6. The van der Waals surface area contributed by atoms with Crippen LogP contribution in [0, 0.1) is 0 Å². The molecule has 32 heavy (non-hydrogen) atoms. The molecule has 0 aliphatic carbocycles. The smallest absolute Gasteiger partial charge is 0.246 e. The van der Waals surface area contributed by atoms with E-state index < -0.39 is 0 Å². The summed E-state index contributed by atoms with van der Waals surface area (Å²) in [6.07, 6.45) is 8.60. The lowest BCUT2D eigenvalue weighted by molar-refractivity contribution is -0.126. The highest BCUT2D eigenvalue weighted by molar-refractivity contribution is 5.92. The van der Waals surface area contributed by atoms with E-state index in [0.717, 1.165) is 30.4 Å². The number of amides is 2. The molecule has 0 saturated carbocycles. The maximum absolute atomic E-state index is 12.6. The van der Waals surface area contributed by atoms with Crippen molar-refractivity contribution in [2.75, 3.05) is 26.2 Å². The van der Waals surface area contributed by atoms with Crippen LogP contribution in [0.5, 0.6) is 11.5 Å². The topological polar surface area (TPSA) is 116 Å². The lowest BCUT2D eigenvalue weighted by atomic mass is 10.2. The van der Waals surface area contributed by atoms with Crippen molar-refractivity contribution >= 4 is 24.0 Å². The molecule has 0 bridgehead atoms. The van der Waals surface area contributed by atoms with Crippen molar-refractivity contribution in [1.29, 1.82) is 0 Å². The van der Waals surface area contributed by atoms with Crippen molar-refractivity contribution in [1.82, 2.24) is 10.2 Å². The number of phenols is 2. The van der Waals surface area contributed by atoms with E-state index >= 15 is 0 Å². The van der Waals surface area contributed by atoms with Crippen molar-refractivity contribution in [3.63, 3.8) is 0 Å². The minimum atomic E-state index is -0.189. The fraction of sp³-hybridized carbons (Fsp3) is 0.280. The lowest BCUT2D eigenvalue weighted by Gasteiger charge is -2.21. The third-order valence-electron chi connectivity index (χ3n) is 4.73. The molecule has 2 aromatic carbocycles. The van der Waals surface area contributed by atoms with Gasteiger partial charge in [0.05, 0.1) is 0 Å². The Hall–Kier alpha value is -3.58. The van der Waals surface area contributed by atoms with Crippen molar-refractivity contribution in [3.8, 4) is 11.5 Å². The van der Waals surface area contributed by atoms with Crippen LogP contribution in [0.15, 0.2) is 60.7 Å². The van der Waals surface area contributed by atoms with E-state index in [1.165, 1.54) is 12.2 Å². The molecule has 0 saturated heterocycles. The van der Waals surface area contributed by atoms with Crippen LogP contribution in [-0.4, -0.2) is 53.1 Å². The van der Waals surface area contributed by atoms with Gasteiger partial charge >= 0.3 is 0 Å². The molecule has 5 N–H and O–H groups in total. The summed E-state index contributed by atoms with van der Waals surface area (Å²) in [5, 5.41) is 21.4. The van der Waals surface area contributed by atoms with Crippen LogP contribution in [0.2, 0.25) is 0 Å². The highest BCUT2D eigenvalue weighted by Crippen LogP contribution is 2.12. The van der Waals surface area contributed by atoms with Gasteiger partial charge in [-0.1, -0.05) is 24.3 Å². The van der Waals surface area contributed by atoms with E-state index in [-0.39, 0.29) is 23.3 Å². The second-order valence-corrected chi connectivity index (χ2v) is 7.32. The van der Waals surface area contributed by atoms with Crippen molar-refractivity contribution in [3.05, 3.63) is 71.8 Å². The van der Waals surface area contributed by atoms with Crippen LogP contribution >= 0.6 is 0 Å². The zero-order valence-electron chi connectivity index (χ0n) is 18.1. The van der Waals surface area contributed by atoms with E-state index in [4.69, 9.17) is 5.73 Å². The van der Waals surface area contributed by atoms with Gasteiger partial charge in [-0.05, 0) is 73.4 Å². The number of hydrogen-bond acceptors (Lipinski definition) is 5. The maximum Gasteiger partial charge on any atom is 0.246 e. The van der Waals surface area contributed by atoms with Crippen molar-refractivity contribution in [2.45, 2.75) is 19.3 Å². The third kappa shape index (κ3) is 9.49. The summed E-state index contributed by atoms with van der Waals surface area (Å²) < 4.78 is 0. The number of phenolic OH excluding ortho intramolecular Hbond substituents is 2. The molecule has 0 spiro atoms. The normalized spacial score (nSPS) is 11.2. The van der Waals surface area contributed by atoms with Gasteiger partial charge in [0.15, 0.2) is 0 Å². The molecule has 0 radical (unpaired) electrons. The molecule has 0 unspecified atom stereocenters. The highest BCUT2D eigenvalue weighted by Gasteiger charge is 2.09. The molecular formula is C25H31N3O4. The molecule has 7 heteroatoms. The van der Waals surface area contributed by atoms with Gasteiger partial charge in [-0.25, -0.2) is 0 Å². The number of benzene rings is 2. The molecule has 0 aliphatic rings. The summed E-state index contributed by atoms with van der Waals surface area (Å²) in [7, 11) is 0. The van der Waals surface area contributed by atoms with Crippen LogP contribution in [0.3, 0.4) is 0 Å². The zero-order chi connectivity index (χ0) is 23.2. The minimum Gasteiger partial charge on any atom is -0.508 e. The number of nitrogens with one attached hydrogen (secondary N) is 1. The predicted molar refractivity (Wildman–Crippen MR) is 127 cm³/mol. The molecule has 2 aromatic rings. The summed E-state index contributed by atoms with van der Waals surface area (Å²) in [4.78, 5) is 26.2. The molecule has 2 amide bonds. The summed E-state index contributed by atoms with van der Waals surface area (Å²) in [5.41, 5.74) is 7.26. The number of unbranched alkanes of at least 4 members (excludes halogenated alkanes) is 1. The van der Waals surface area contributed by atoms with Crippen molar-refractivity contribution < 1.29 is 19.8 Å². The Morgan fingerprint density at radius 3 is 1.91 bits per heavy atom. The van der Waals surface area contributed by atoms with Gasteiger partial charge in [-0.15, -0.1) is 0 Å². The number of carbonyl (C=O) groups excluding carboxylic acids is 2. The largest absolute Gasteiger partial charge is 0.508 e. The Kier molecular flexibility index (Phi) is 10.5. The van der Waals surface area contributed by atoms with Gasteiger partial charge in [0, 0.05) is 31.8 Å². The third-order valence-corrected chi connectivity index (χ3v) is 4.73. The zero-order valence-corrected chi connectivity index (χ0v) is 18.1. The first-order valence-electron chi connectivity index (χ1n) is 10.7. The molecule has 0 fully saturated rings. The van der Waals surface area contributed by atoms with E-state index in [0.29, 0.717) is 26.2 Å². The predicted octanol–water partition coefficient (Wildman–Crippen LogP) is 2.90. The second-order valence-electron chi connectivity index (χ2n) is 7.32. The standard InChI is InChI=1S/C25H31N3O4/c26-16-3-19-28(25(32)15-9-21-6-12-23(30)13-7-21)18-2-1-17-27-24(31)14-8-20-4-10-22(29)11-5-20/h4-15,29-30H,1-3,16-19,26H2,(H,27,31)/b14-8+,15-9+/i26+1. The summed E-state index contributed by atoms with van der Waals surface area (Å²) in [6.45, 7) is 2.19. The van der Waals surface area contributed by atoms with Gasteiger partial charge in [0.25, 0.3) is 0 Å². The average Bonchev–Trinajstić information content (AvgIpc) is 2.80. The minimum absolute atomic E-state index is 0.0904. The fourth-order valence-corrected chi connectivity index (χ4v) is 2.93. The van der Waals surface area contributed by atoms with Gasteiger partial charge in [0.1, 0.15) is 11.5 Å². The van der Waals surface area contributed by atoms with Crippen LogP contribution in [0.4, 0.5) is 0 Å². The number of nitrogens with zero attached hydrogens (tertiary/aromatic N) is 1. The Bertz CT molecular complexity index is 906. The summed E-state index contributed by atoms with van der Waals surface area (Å²) in [5.74, 6) is 0.0841. The molecular weight excluding hydrogens is 407 g/mol. The lowest BCUT2D eigenvalue weighted by Crippen LogP contribution is -2.33. The van der Waals surface area contributed by atoms with Gasteiger partial charge in [-0.3, -0.25) is 9.59 Å². The first-order chi connectivity index (χ1) is 15.5. The molecule has 0 aromatic heterocycles. The van der Waals surface area contributed by atoms with E-state index in [9.17, 15) is 19.8 Å². The molecule has 0 aliphatic heterocycles. The number of nitrogens with two attached hydrogens (primary N) is 1. The quantitative estimate of drug-likeness (QED) is 0.231.